The molecule has 2 N–H and O–H groups in total. The number of nitrogens with zero attached hydrogens (tertiary/aromatic N) is 1. The van der Waals surface area contributed by atoms with Crippen molar-refractivity contribution < 1.29 is 4.74 Å². The Bertz CT molecular complexity index is 363. The summed E-state index contributed by atoms with van der Waals surface area (Å²) in [6.45, 7) is 0. The third-order valence-corrected chi connectivity index (χ3v) is 1.64. The fraction of sp³-hybridized carbons (Fsp3) is 0.100. The maximum atomic E-state index is 8.41. The molecule has 0 bridgehead atoms. The van der Waals surface area contributed by atoms with Crippen LogP contribution >= 0.6 is 0 Å². The monoisotopic (exact) mass is 174 g/mol. The average molecular weight is 174 g/mol. The first kappa shape index (κ1) is 9.14. The molecule has 1 aromatic carbocycles. The maximum Gasteiger partial charge on any atom is 0.128 e. The lowest BCUT2D eigenvalue weighted by atomic mass is 10.1. The molecule has 0 atom stereocenters. The van der Waals surface area contributed by atoms with Gasteiger partial charge in [0.2, 0.25) is 0 Å². The van der Waals surface area contributed by atoms with E-state index in [-0.39, 0.29) is 0 Å². The van der Waals surface area contributed by atoms with Crippen LogP contribution in [0.4, 0.5) is 0 Å². The van der Waals surface area contributed by atoms with Crippen LogP contribution in [0.25, 0.3) is 5.70 Å². The topological polar surface area (TPSA) is 59.0 Å². The highest BCUT2D eigenvalue weighted by atomic mass is 16.5. The van der Waals surface area contributed by atoms with E-state index in [2.05, 4.69) is 0 Å². The highest BCUT2D eigenvalue weighted by Gasteiger charge is 2.02. The minimum absolute atomic E-state index is 0.417. The number of hydrogen-bond acceptors (Lipinski definition) is 3. The lowest BCUT2D eigenvalue weighted by molar-refractivity contribution is 0.413. The second kappa shape index (κ2) is 4.17. The van der Waals surface area contributed by atoms with E-state index >= 15 is 0 Å². The van der Waals surface area contributed by atoms with Crippen LogP contribution in [0.2, 0.25) is 0 Å². The number of methoxy groups -OCH3 is 1. The fourth-order valence-electron chi connectivity index (χ4n) is 1.03. The second-order valence-electron chi connectivity index (χ2n) is 2.43. The van der Waals surface area contributed by atoms with E-state index in [1.165, 1.54) is 6.08 Å². The summed E-state index contributed by atoms with van der Waals surface area (Å²) in [7, 11) is 1.57. The molecule has 1 rings (SSSR count). The van der Waals surface area contributed by atoms with Crippen LogP contribution in [-0.4, -0.2) is 7.11 Å². The number of rotatable bonds is 2. The van der Waals surface area contributed by atoms with Gasteiger partial charge < -0.3 is 10.5 Å². The number of ether oxygens (including phenoxy) is 1. The Balaban J connectivity index is 3.15. The highest BCUT2D eigenvalue weighted by Crippen LogP contribution is 2.21. The smallest absolute Gasteiger partial charge is 0.128 e. The van der Waals surface area contributed by atoms with Crippen molar-refractivity contribution in [1.82, 2.24) is 0 Å². The first-order valence-corrected chi connectivity index (χ1v) is 3.78. The van der Waals surface area contributed by atoms with Crippen molar-refractivity contribution in [3.8, 4) is 11.8 Å². The molecule has 0 saturated carbocycles. The fourth-order valence-corrected chi connectivity index (χ4v) is 1.03. The summed E-state index contributed by atoms with van der Waals surface area (Å²) < 4.78 is 5.08. The number of para-hydroxylation sites is 1. The zero-order valence-electron chi connectivity index (χ0n) is 7.32. The molecule has 0 aliphatic heterocycles. The molecule has 0 saturated heterocycles. The van der Waals surface area contributed by atoms with E-state index in [0.717, 1.165) is 5.56 Å². The van der Waals surface area contributed by atoms with E-state index in [0.29, 0.717) is 11.4 Å². The third kappa shape index (κ3) is 2.00. The van der Waals surface area contributed by atoms with E-state index in [1.807, 2.05) is 24.3 Å². The van der Waals surface area contributed by atoms with Crippen LogP contribution in [0.15, 0.2) is 30.3 Å². The molecule has 66 valence electrons. The maximum absolute atomic E-state index is 8.41. The molecule has 0 spiro atoms. The van der Waals surface area contributed by atoms with Crippen LogP contribution < -0.4 is 10.5 Å². The molecular weight excluding hydrogens is 164 g/mol. The number of allylic oxidation sites excluding steroid dienone is 1. The van der Waals surface area contributed by atoms with E-state index in [9.17, 15) is 0 Å². The van der Waals surface area contributed by atoms with Gasteiger partial charge in [-0.15, -0.1) is 0 Å². The molecule has 0 radical (unpaired) electrons. The van der Waals surface area contributed by atoms with Crippen LogP contribution in [0, 0.1) is 11.3 Å². The largest absolute Gasteiger partial charge is 0.496 e. The molecule has 0 aromatic heterocycles. The molecule has 0 aliphatic carbocycles. The standard InChI is InChI=1S/C10H10N2O/c1-13-10-5-3-2-4-8(10)9(12)6-7-11/h2-6H,12H2,1H3/b9-6-. The summed E-state index contributed by atoms with van der Waals surface area (Å²) in [6, 6.07) is 9.17. The number of nitrogens with two attached hydrogens (primary N) is 1. The van der Waals surface area contributed by atoms with Gasteiger partial charge >= 0.3 is 0 Å². The minimum atomic E-state index is 0.417. The predicted octanol–water partition coefficient (Wildman–Crippen LogP) is 1.52. The van der Waals surface area contributed by atoms with E-state index < -0.39 is 0 Å². The molecule has 1 aromatic rings. The van der Waals surface area contributed by atoms with Gasteiger partial charge in [-0.25, -0.2) is 0 Å². The summed E-state index contributed by atoms with van der Waals surface area (Å²) >= 11 is 0. The lowest BCUT2D eigenvalue weighted by Crippen LogP contribution is -1.98. The summed E-state index contributed by atoms with van der Waals surface area (Å²) in [4.78, 5) is 0. The van der Waals surface area contributed by atoms with Gasteiger partial charge in [-0.3, -0.25) is 0 Å². The van der Waals surface area contributed by atoms with Crippen molar-refractivity contribution in [2.24, 2.45) is 5.73 Å². The van der Waals surface area contributed by atoms with Crippen molar-refractivity contribution in [2.75, 3.05) is 7.11 Å². The Labute approximate surface area is 77.0 Å². The Morgan fingerprint density at radius 1 is 1.54 bits per heavy atom. The molecule has 3 nitrogen and oxygen atoms in total. The van der Waals surface area contributed by atoms with Gasteiger partial charge in [0.05, 0.1) is 18.9 Å². The minimum Gasteiger partial charge on any atom is -0.496 e. The van der Waals surface area contributed by atoms with Gasteiger partial charge in [0, 0.05) is 11.6 Å². The zero-order valence-corrected chi connectivity index (χ0v) is 7.32. The van der Waals surface area contributed by atoms with Crippen molar-refractivity contribution >= 4 is 5.70 Å². The molecular formula is C10H10N2O. The molecule has 0 amide bonds. The summed E-state index contributed by atoms with van der Waals surface area (Å²) in [5, 5.41) is 8.41. The molecule has 0 fully saturated rings. The van der Waals surface area contributed by atoms with Crippen molar-refractivity contribution in [1.29, 1.82) is 5.26 Å². The first-order valence-electron chi connectivity index (χ1n) is 3.78. The van der Waals surface area contributed by atoms with Crippen LogP contribution in [-0.2, 0) is 0 Å². The van der Waals surface area contributed by atoms with Crippen LogP contribution in [0.1, 0.15) is 5.56 Å². The predicted molar refractivity (Wildman–Crippen MR) is 50.8 cm³/mol. The van der Waals surface area contributed by atoms with Gasteiger partial charge in [0.25, 0.3) is 0 Å². The van der Waals surface area contributed by atoms with Gasteiger partial charge in [-0.1, -0.05) is 12.1 Å². The third-order valence-electron chi connectivity index (χ3n) is 1.64. The summed E-state index contributed by atoms with van der Waals surface area (Å²) in [6.07, 6.45) is 1.29. The van der Waals surface area contributed by atoms with Gasteiger partial charge in [0.1, 0.15) is 5.75 Å². The normalized spacial score (nSPS) is 10.6. The SMILES string of the molecule is COc1ccccc1/C(N)=C/C#N. The van der Waals surface area contributed by atoms with Gasteiger partial charge in [0.15, 0.2) is 0 Å². The Morgan fingerprint density at radius 3 is 2.85 bits per heavy atom. The van der Waals surface area contributed by atoms with Crippen LogP contribution in [0.3, 0.4) is 0 Å². The number of benzene rings is 1. The Kier molecular flexibility index (Phi) is 2.93. The molecule has 3 heteroatoms. The van der Waals surface area contributed by atoms with Gasteiger partial charge in [-0.05, 0) is 12.1 Å². The van der Waals surface area contributed by atoms with Crippen LogP contribution in [0.5, 0.6) is 5.75 Å². The number of nitriles is 1. The summed E-state index contributed by atoms with van der Waals surface area (Å²) in [5.74, 6) is 0.673. The average Bonchev–Trinajstić information content (AvgIpc) is 2.18. The zero-order chi connectivity index (χ0) is 9.68. The van der Waals surface area contributed by atoms with Crippen molar-refractivity contribution in [3.63, 3.8) is 0 Å². The van der Waals surface area contributed by atoms with E-state index in [4.69, 9.17) is 15.7 Å². The number of hydrogen-bond donors (Lipinski definition) is 1. The second-order valence-corrected chi connectivity index (χ2v) is 2.43. The Hall–Kier alpha value is -1.95. The molecule has 0 aliphatic rings. The highest BCUT2D eigenvalue weighted by molar-refractivity contribution is 5.69. The van der Waals surface area contributed by atoms with Gasteiger partial charge in [-0.2, -0.15) is 5.26 Å². The van der Waals surface area contributed by atoms with E-state index in [1.54, 1.807) is 13.2 Å². The van der Waals surface area contributed by atoms with Crippen molar-refractivity contribution in [3.05, 3.63) is 35.9 Å². The summed E-state index contributed by atoms with van der Waals surface area (Å²) in [5.41, 5.74) is 6.80. The Morgan fingerprint density at radius 2 is 2.23 bits per heavy atom. The molecule has 0 heterocycles. The molecule has 13 heavy (non-hydrogen) atoms. The lowest BCUT2D eigenvalue weighted by Gasteiger charge is -2.06. The molecule has 0 unspecified atom stereocenters. The quantitative estimate of drug-likeness (QED) is 0.691. The first-order chi connectivity index (χ1) is 6.29. The van der Waals surface area contributed by atoms with Crippen molar-refractivity contribution in [2.45, 2.75) is 0 Å².